The van der Waals surface area contributed by atoms with E-state index < -0.39 is 0 Å². The molecule has 24 heavy (non-hydrogen) atoms. The molecule has 0 unspecified atom stereocenters. The van der Waals surface area contributed by atoms with Gasteiger partial charge in [-0.3, -0.25) is 9.89 Å². The number of nitrogens with zero attached hydrogens (tertiary/aromatic N) is 3. The summed E-state index contributed by atoms with van der Waals surface area (Å²) in [6, 6.07) is 11.7. The van der Waals surface area contributed by atoms with E-state index >= 15 is 0 Å². The number of aromatic nitrogens is 3. The molecule has 1 N–H and O–H groups in total. The second-order valence-corrected chi connectivity index (χ2v) is 6.45. The molecule has 1 aromatic carbocycles. The zero-order valence-electron chi connectivity index (χ0n) is 12.9. The zero-order chi connectivity index (χ0) is 16.4. The lowest BCUT2D eigenvalue weighted by atomic mass is 10.0. The number of benzene rings is 1. The number of hydrogen-bond acceptors (Lipinski definition) is 5. The van der Waals surface area contributed by atoms with Crippen LogP contribution >= 0.6 is 11.8 Å². The van der Waals surface area contributed by atoms with Crippen LogP contribution in [0.3, 0.4) is 0 Å². The van der Waals surface area contributed by atoms with Crippen molar-refractivity contribution in [3.63, 3.8) is 0 Å². The van der Waals surface area contributed by atoms with E-state index in [2.05, 4.69) is 21.2 Å². The third-order valence-corrected chi connectivity index (χ3v) is 4.79. The molecule has 4 rings (SSSR count). The lowest BCUT2D eigenvalue weighted by Crippen LogP contribution is -2.36. The van der Waals surface area contributed by atoms with Gasteiger partial charge < -0.3 is 9.32 Å². The van der Waals surface area contributed by atoms with E-state index in [0.29, 0.717) is 22.5 Å². The molecule has 0 saturated heterocycles. The molecular weight excluding hydrogens is 324 g/mol. The second kappa shape index (κ2) is 6.52. The Labute approximate surface area is 143 Å². The Morgan fingerprint density at radius 2 is 2.21 bits per heavy atom. The fourth-order valence-corrected chi connectivity index (χ4v) is 3.51. The first-order chi connectivity index (χ1) is 11.8. The molecule has 0 aliphatic carbocycles. The van der Waals surface area contributed by atoms with Crippen molar-refractivity contribution in [1.29, 1.82) is 0 Å². The Kier molecular flexibility index (Phi) is 4.08. The number of aryl methyl sites for hydroxylation is 1. The van der Waals surface area contributed by atoms with Gasteiger partial charge in [0.1, 0.15) is 0 Å². The van der Waals surface area contributed by atoms with E-state index in [9.17, 15) is 4.79 Å². The predicted molar refractivity (Wildman–Crippen MR) is 91.9 cm³/mol. The van der Waals surface area contributed by atoms with Gasteiger partial charge in [-0.1, -0.05) is 30.0 Å². The molecule has 3 aromatic rings. The van der Waals surface area contributed by atoms with Gasteiger partial charge in [-0.15, -0.1) is 5.10 Å². The largest absolute Gasteiger partial charge is 0.461 e. The summed E-state index contributed by atoms with van der Waals surface area (Å²) in [6.07, 6.45) is 3.61. The van der Waals surface area contributed by atoms with Crippen LogP contribution in [0.5, 0.6) is 0 Å². The Morgan fingerprint density at radius 3 is 3.08 bits per heavy atom. The lowest BCUT2D eigenvalue weighted by molar-refractivity contribution is -0.116. The van der Waals surface area contributed by atoms with Crippen molar-refractivity contribution in [2.75, 3.05) is 17.2 Å². The normalized spacial score (nSPS) is 13.8. The van der Waals surface area contributed by atoms with Crippen LogP contribution in [0.25, 0.3) is 11.6 Å². The van der Waals surface area contributed by atoms with Crippen LogP contribution < -0.4 is 4.90 Å². The minimum atomic E-state index is 0.0801. The highest BCUT2D eigenvalue weighted by molar-refractivity contribution is 7.99. The maximum Gasteiger partial charge on any atom is 0.237 e. The minimum absolute atomic E-state index is 0.0801. The summed E-state index contributed by atoms with van der Waals surface area (Å²) >= 11 is 1.33. The summed E-state index contributed by atoms with van der Waals surface area (Å²) in [5, 5.41) is 7.50. The van der Waals surface area contributed by atoms with Crippen molar-refractivity contribution in [3.05, 3.63) is 48.2 Å². The van der Waals surface area contributed by atoms with Crippen molar-refractivity contribution in [2.24, 2.45) is 0 Å². The minimum Gasteiger partial charge on any atom is -0.461 e. The summed E-state index contributed by atoms with van der Waals surface area (Å²) < 4.78 is 5.27. The van der Waals surface area contributed by atoms with Gasteiger partial charge in [0.15, 0.2) is 11.6 Å². The van der Waals surface area contributed by atoms with Crippen molar-refractivity contribution in [1.82, 2.24) is 15.2 Å². The van der Waals surface area contributed by atoms with Gasteiger partial charge in [-0.05, 0) is 36.6 Å². The van der Waals surface area contributed by atoms with Gasteiger partial charge in [0.25, 0.3) is 0 Å². The third-order valence-electron chi connectivity index (χ3n) is 3.96. The average Bonchev–Trinajstić information content (AvgIpc) is 3.30. The molecule has 1 amide bonds. The molecule has 3 heterocycles. The van der Waals surface area contributed by atoms with Gasteiger partial charge in [-0.2, -0.15) is 4.98 Å². The Hall–Kier alpha value is -2.54. The summed E-state index contributed by atoms with van der Waals surface area (Å²) in [7, 11) is 0. The summed E-state index contributed by atoms with van der Waals surface area (Å²) in [6.45, 7) is 0.766. The number of rotatable bonds is 4. The molecule has 1 aliphatic heterocycles. The summed E-state index contributed by atoms with van der Waals surface area (Å²) in [5.41, 5.74) is 2.26. The topological polar surface area (TPSA) is 75.0 Å². The number of anilines is 1. The molecule has 0 atom stereocenters. The standard InChI is InChI=1S/C17H16N4O2S/c22-15(21-9-3-6-12-5-1-2-7-13(12)21)11-24-17-18-16(19-20-17)14-8-4-10-23-14/h1-2,4-5,7-8,10H,3,6,9,11H2,(H,18,19,20). The van der Waals surface area contributed by atoms with Crippen LogP contribution in [0.4, 0.5) is 5.69 Å². The first kappa shape index (κ1) is 15.0. The van der Waals surface area contributed by atoms with Crippen LogP contribution in [0.2, 0.25) is 0 Å². The molecule has 0 spiro atoms. The van der Waals surface area contributed by atoms with Gasteiger partial charge in [0, 0.05) is 12.2 Å². The zero-order valence-corrected chi connectivity index (χ0v) is 13.8. The van der Waals surface area contributed by atoms with Crippen LogP contribution in [0.15, 0.2) is 52.2 Å². The van der Waals surface area contributed by atoms with E-state index in [1.807, 2.05) is 29.2 Å². The molecule has 0 bridgehead atoms. The Morgan fingerprint density at radius 1 is 1.29 bits per heavy atom. The summed E-state index contributed by atoms with van der Waals surface area (Å²) in [5.74, 6) is 1.59. The number of nitrogens with one attached hydrogen (secondary N) is 1. The molecule has 122 valence electrons. The highest BCUT2D eigenvalue weighted by Crippen LogP contribution is 2.28. The lowest BCUT2D eigenvalue weighted by Gasteiger charge is -2.29. The first-order valence-corrected chi connectivity index (χ1v) is 8.77. The van der Waals surface area contributed by atoms with Crippen molar-refractivity contribution >= 4 is 23.4 Å². The highest BCUT2D eigenvalue weighted by atomic mass is 32.2. The first-order valence-electron chi connectivity index (χ1n) is 7.78. The number of amides is 1. The number of carbonyl (C=O) groups is 1. The molecule has 0 saturated carbocycles. The molecule has 6 nitrogen and oxygen atoms in total. The van der Waals surface area contributed by atoms with E-state index in [-0.39, 0.29) is 5.91 Å². The number of carbonyl (C=O) groups excluding carboxylic acids is 1. The van der Waals surface area contributed by atoms with Gasteiger partial charge in [-0.25, -0.2) is 0 Å². The number of hydrogen-bond donors (Lipinski definition) is 1. The van der Waals surface area contributed by atoms with Crippen LogP contribution in [-0.2, 0) is 11.2 Å². The number of para-hydroxylation sites is 1. The fourth-order valence-electron chi connectivity index (χ4n) is 2.83. The Balaban J connectivity index is 1.43. The van der Waals surface area contributed by atoms with Crippen molar-refractivity contribution in [2.45, 2.75) is 18.0 Å². The van der Waals surface area contributed by atoms with E-state index in [0.717, 1.165) is 25.1 Å². The smallest absolute Gasteiger partial charge is 0.237 e. The molecule has 0 radical (unpaired) electrons. The van der Waals surface area contributed by atoms with Crippen LogP contribution in [0.1, 0.15) is 12.0 Å². The monoisotopic (exact) mass is 340 g/mol. The Bertz CT molecular complexity index is 844. The van der Waals surface area contributed by atoms with E-state index in [4.69, 9.17) is 4.42 Å². The highest BCUT2D eigenvalue weighted by Gasteiger charge is 2.22. The number of thioether (sulfide) groups is 1. The van der Waals surface area contributed by atoms with Gasteiger partial charge in [0.2, 0.25) is 11.1 Å². The number of aromatic amines is 1. The fraction of sp³-hybridized carbons (Fsp3) is 0.235. The number of furan rings is 1. The average molecular weight is 340 g/mol. The van der Waals surface area contributed by atoms with Crippen molar-refractivity contribution in [3.8, 4) is 11.6 Å². The third kappa shape index (κ3) is 2.94. The van der Waals surface area contributed by atoms with Gasteiger partial charge in [0.05, 0.1) is 12.0 Å². The van der Waals surface area contributed by atoms with Crippen molar-refractivity contribution < 1.29 is 9.21 Å². The predicted octanol–water partition coefficient (Wildman–Crippen LogP) is 3.14. The number of fused-ring (bicyclic) bond motifs is 1. The molecule has 7 heteroatoms. The number of H-pyrrole nitrogens is 1. The van der Waals surface area contributed by atoms with E-state index in [1.54, 1.807) is 12.3 Å². The second-order valence-electron chi connectivity index (χ2n) is 5.51. The van der Waals surface area contributed by atoms with E-state index in [1.165, 1.54) is 17.3 Å². The SMILES string of the molecule is O=C(CSc1n[nH]c(-c2ccco2)n1)N1CCCc2ccccc21. The van der Waals surface area contributed by atoms with Crippen LogP contribution in [0, 0.1) is 0 Å². The maximum absolute atomic E-state index is 12.6. The molecule has 2 aromatic heterocycles. The van der Waals surface area contributed by atoms with Crippen LogP contribution in [-0.4, -0.2) is 33.4 Å². The molecule has 1 aliphatic rings. The van der Waals surface area contributed by atoms with Gasteiger partial charge >= 0.3 is 0 Å². The molecular formula is C17H16N4O2S. The summed E-state index contributed by atoms with van der Waals surface area (Å²) in [4.78, 5) is 18.8. The maximum atomic E-state index is 12.6. The molecule has 0 fully saturated rings. The quantitative estimate of drug-likeness (QED) is 0.739.